The number of nitrogen functional groups attached to an aromatic ring is 1. The summed E-state index contributed by atoms with van der Waals surface area (Å²) in [6.07, 6.45) is 5.16. The number of carbonyl (C=O) groups excluding carboxylic acids is 3. The molecule has 1 saturated heterocycles. The quantitative estimate of drug-likeness (QED) is 0.143. The minimum Gasteiger partial charge on any atom is -0.543 e. The van der Waals surface area contributed by atoms with Crippen molar-refractivity contribution in [1.29, 1.82) is 0 Å². The van der Waals surface area contributed by atoms with Crippen LogP contribution in [0.4, 0.5) is 5.13 Å². The Balaban J connectivity index is 0.00000304. The Kier molecular flexibility index (Phi) is 7.09. The van der Waals surface area contributed by atoms with E-state index in [0.29, 0.717) is 11.3 Å². The lowest BCUT2D eigenvalue weighted by molar-refractivity contribution is -0.662. The molecule has 2 amide bonds. The van der Waals surface area contributed by atoms with Crippen LogP contribution in [0.25, 0.3) is 5.65 Å². The van der Waals surface area contributed by atoms with Gasteiger partial charge in [-0.3, -0.25) is 14.5 Å². The van der Waals surface area contributed by atoms with E-state index in [1.54, 1.807) is 29.2 Å². The highest BCUT2D eigenvalue weighted by Crippen LogP contribution is 2.40. The number of carboxylic acids is 1. The molecule has 3 N–H and O–H groups in total. The summed E-state index contributed by atoms with van der Waals surface area (Å²) in [6.45, 7) is 0.230. The van der Waals surface area contributed by atoms with Crippen molar-refractivity contribution >= 4 is 70.0 Å². The molecule has 0 radical (unpaired) electrons. The van der Waals surface area contributed by atoms with E-state index in [9.17, 15) is 19.5 Å². The summed E-state index contributed by atoms with van der Waals surface area (Å²) in [5.74, 6) is -2.53. The summed E-state index contributed by atoms with van der Waals surface area (Å²) in [4.78, 5) is 47.6. The molecule has 2 aliphatic rings. The summed E-state index contributed by atoms with van der Waals surface area (Å²) < 4.78 is 7.43. The number of aromatic nitrogens is 5. The molecule has 5 heterocycles. The number of hydrogen-bond acceptors (Lipinski definition) is 12. The molecule has 2 atom stereocenters. The third-order valence-electron chi connectivity index (χ3n) is 5.38. The highest BCUT2D eigenvalue weighted by atomic mass is 35.5. The van der Waals surface area contributed by atoms with Gasteiger partial charge in [-0.25, -0.2) is 4.57 Å². The van der Waals surface area contributed by atoms with Crippen LogP contribution in [0, 0.1) is 0 Å². The summed E-state index contributed by atoms with van der Waals surface area (Å²) in [5.41, 5.74) is 6.39. The van der Waals surface area contributed by atoms with Crippen LogP contribution in [0.2, 0.25) is 0 Å². The summed E-state index contributed by atoms with van der Waals surface area (Å²) >= 11 is 2.21. The number of nitrogens with one attached hydrogen (secondary N) is 1. The number of thioether (sulfide) groups is 1. The molecule has 1 fully saturated rings. The highest BCUT2D eigenvalue weighted by molar-refractivity contribution is 8.00. The average molecular weight is 552 g/mol. The number of anilines is 1. The van der Waals surface area contributed by atoms with E-state index in [2.05, 4.69) is 24.9 Å². The van der Waals surface area contributed by atoms with Crippen LogP contribution in [0.15, 0.2) is 47.1 Å². The Hall–Kier alpha value is -3.76. The van der Waals surface area contributed by atoms with Crippen LogP contribution in [0.3, 0.4) is 0 Å². The maximum atomic E-state index is 13.0. The molecule has 17 heteroatoms. The first-order chi connectivity index (χ1) is 16.9. The van der Waals surface area contributed by atoms with Gasteiger partial charge < -0.3 is 25.8 Å². The van der Waals surface area contributed by atoms with Gasteiger partial charge in [0, 0.05) is 28.9 Å². The molecule has 0 aromatic carbocycles. The summed E-state index contributed by atoms with van der Waals surface area (Å²) in [6, 6.07) is 2.64. The van der Waals surface area contributed by atoms with Gasteiger partial charge >= 0.3 is 5.65 Å². The molecule has 3 aromatic rings. The molecule has 0 aliphatic carbocycles. The van der Waals surface area contributed by atoms with Crippen molar-refractivity contribution in [2.75, 3.05) is 18.6 Å². The number of oxime groups is 1. The first-order valence-corrected chi connectivity index (χ1v) is 11.9. The Morgan fingerprint density at radius 3 is 2.94 bits per heavy atom. The lowest BCUT2D eigenvalue weighted by Gasteiger charge is -2.50. The number of carbonyl (C=O) groups is 3. The van der Waals surface area contributed by atoms with Crippen LogP contribution in [-0.2, 0) is 25.8 Å². The predicted molar refractivity (Wildman–Crippen MR) is 128 cm³/mol. The molecule has 1 unspecified atom stereocenters. The molecule has 0 spiro atoms. The number of hydrogen-bond donors (Lipinski definition) is 2. The second-order valence-electron chi connectivity index (χ2n) is 7.43. The van der Waals surface area contributed by atoms with E-state index in [1.165, 1.54) is 18.9 Å². The van der Waals surface area contributed by atoms with Gasteiger partial charge in [0.25, 0.3) is 11.8 Å². The van der Waals surface area contributed by atoms with Gasteiger partial charge in [0.1, 0.15) is 31.3 Å². The number of aliphatic carboxylic acids is 1. The molecular formula is C19H18ClN9O5S2. The minimum atomic E-state index is -1.46. The van der Waals surface area contributed by atoms with E-state index in [1.807, 2.05) is 10.6 Å². The van der Waals surface area contributed by atoms with Crippen molar-refractivity contribution in [3.05, 3.63) is 47.8 Å². The number of amides is 2. The number of halogens is 1. The highest BCUT2D eigenvalue weighted by Gasteiger charge is 2.53. The fourth-order valence-electron chi connectivity index (χ4n) is 3.89. The number of nitrogens with two attached hydrogens (primary N) is 1. The van der Waals surface area contributed by atoms with E-state index in [0.717, 1.165) is 22.1 Å². The van der Waals surface area contributed by atoms with Gasteiger partial charge in [0.2, 0.25) is 11.5 Å². The largest absolute Gasteiger partial charge is 0.543 e. The van der Waals surface area contributed by atoms with Gasteiger partial charge in [0.05, 0.1) is 17.9 Å². The Morgan fingerprint density at radius 2 is 2.25 bits per heavy atom. The Morgan fingerprint density at radius 1 is 1.44 bits per heavy atom. The maximum Gasteiger partial charge on any atom is 0.307 e. The number of fused-ring (bicyclic) bond motifs is 2. The van der Waals surface area contributed by atoms with Crippen LogP contribution >= 0.6 is 35.7 Å². The third kappa shape index (κ3) is 4.33. The van der Waals surface area contributed by atoms with Crippen LogP contribution < -0.4 is 20.7 Å². The maximum absolute atomic E-state index is 13.0. The van der Waals surface area contributed by atoms with Gasteiger partial charge in [-0.15, -0.1) is 28.7 Å². The zero-order valence-corrected chi connectivity index (χ0v) is 20.9. The Bertz CT molecular complexity index is 1420. The lowest BCUT2D eigenvalue weighted by Crippen LogP contribution is -2.71. The smallest absolute Gasteiger partial charge is 0.307 e. The molecule has 3 aromatic heterocycles. The number of nitrogens with zero attached hydrogens (tertiary/aromatic N) is 7. The monoisotopic (exact) mass is 551 g/mol. The van der Waals surface area contributed by atoms with Crippen LogP contribution in [-0.4, -0.2) is 71.6 Å². The van der Waals surface area contributed by atoms with Crippen molar-refractivity contribution in [1.82, 2.24) is 29.2 Å². The number of β-lactam (4-membered cyclic amide) rings is 1. The molecular weight excluding hydrogens is 534 g/mol. The number of imidazole rings is 1. The topological polar surface area (TPSA) is 184 Å². The van der Waals surface area contributed by atoms with Crippen molar-refractivity contribution in [3.63, 3.8) is 0 Å². The summed E-state index contributed by atoms with van der Waals surface area (Å²) in [7, 11) is 1.25. The van der Waals surface area contributed by atoms with Crippen molar-refractivity contribution in [2.24, 2.45) is 5.16 Å². The number of carboxylic acid groups (broad SMARTS) is 1. The average Bonchev–Trinajstić information content (AvgIpc) is 3.46. The van der Waals surface area contributed by atoms with E-state index in [-0.39, 0.29) is 41.3 Å². The molecule has 0 saturated carbocycles. The summed E-state index contributed by atoms with van der Waals surface area (Å²) in [5, 5.41) is 22.0. The predicted octanol–water partition coefficient (Wildman–Crippen LogP) is -2.07. The zero-order valence-electron chi connectivity index (χ0n) is 18.4. The normalized spacial score (nSPS) is 19.4. The van der Waals surface area contributed by atoms with Crippen molar-refractivity contribution in [2.45, 2.75) is 18.0 Å². The van der Waals surface area contributed by atoms with E-state index >= 15 is 0 Å². The molecule has 2 aliphatic heterocycles. The molecule has 36 heavy (non-hydrogen) atoms. The van der Waals surface area contributed by atoms with Crippen LogP contribution in [0.5, 0.6) is 0 Å². The zero-order chi connectivity index (χ0) is 24.7. The first-order valence-electron chi connectivity index (χ1n) is 10.1. The third-order valence-corrected chi connectivity index (χ3v) is 7.26. The Labute approximate surface area is 217 Å². The molecule has 188 valence electrons. The molecule has 5 rings (SSSR count). The molecule has 14 nitrogen and oxygen atoms in total. The standard InChI is InChI=1S/C19H17N9O5S2.ClH/c1-33-24-11(14-23-19(20)35-25-14)15(29)22-12-16(30)28-13(18(31)32)9(8-34-17(12)28)7-26-5-6-27-10(26)3-2-4-21-27;/h2-6,12,17H,7-8H2,1H3,(H3-,20,22,23,25,29,31,32);1H/b24-11-;/t12-,17?;/m0./s1. The SMILES string of the molecule is CO/N=C(\C(=O)N[C@H]1C(=O)N2C(C(=O)[O-])=C(C[n+]3ccn4ncccc43)CSC12)c1nsc(N)n1.Cl. The fraction of sp³-hybridized carbons (Fsp3) is 0.263. The minimum absolute atomic E-state index is 0. The second-order valence-corrected chi connectivity index (χ2v) is 9.32. The van der Waals surface area contributed by atoms with E-state index in [4.69, 9.17) is 10.6 Å². The fourth-order valence-corrected chi connectivity index (χ4v) is 5.66. The van der Waals surface area contributed by atoms with Crippen LogP contribution in [0.1, 0.15) is 5.82 Å². The van der Waals surface area contributed by atoms with Gasteiger partial charge in [0.15, 0.2) is 11.3 Å². The number of rotatable bonds is 7. The lowest BCUT2D eigenvalue weighted by atomic mass is 10.0. The van der Waals surface area contributed by atoms with Gasteiger partial charge in [-0.1, -0.05) is 10.3 Å². The van der Waals surface area contributed by atoms with Crippen molar-refractivity contribution in [3.8, 4) is 0 Å². The first kappa shape index (κ1) is 25.3. The van der Waals surface area contributed by atoms with Gasteiger partial charge in [-0.05, 0) is 6.07 Å². The second kappa shape index (κ2) is 10.1. The van der Waals surface area contributed by atoms with E-state index < -0.39 is 29.2 Å². The van der Waals surface area contributed by atoms with Gasteiger partial charge in [-0.2, -0.15) is 9.36 Å². The van der Waals surface area contributed by atoms with Crippen molar-refractivity contribution < 1.29 is 28.9 Å². The molecule has 0 bridgehead atoms.